The molecule has 0 radical (unpaired) electrons. The third-order valence-electron chi connectivity index (χ3n) is 2.38. The molecular weight excluding hydrogens is 224 g/mol. The van der Waals surface area contributed by atoms with Crippen molar-refractivity contribution in [3.05, 3.63) is 23.8 Å². The molecule has 0 saturated heterocycles. The highest BCUT2D eigenvalue weighted by Gasteiger charge is 2.06. The standard InChI is InChI=1S/C11H18N2O2S/c1-3-16(14,15)7-6-13-11-5-4-9(2)8-10(11)12/h4-5,8,13H,3,6-7,12H2,1-2H3. The number of hydrogen-bond donors (Lipinski definition) is 2. The number of rotatable bonds is 5. The largest absolute Gasteiger partial charge is 0.397 e. The first-order valence-corrected chi connectivity index (χ1v) is 7.07. The third kappa shape index (κ3) is 3.73. The van der Waals surface area contributed by atoms with Gasteiger partial charge in [-0.05, 0) is 24.6 Å². The van der Waals surface area contributed by atoms with Gasteiger partial charge in [-0.15, -0.1) is 0 Å². The molecule has 0 unspecified atom stereocenters. The van der Waals surface area contributed by atoms with Crippen LogP contribution in [0.2, 0.25) is 0 Å². The van der Waals surface area contributed by atoms with Crippen LogP contribution in [0.15, 0.2) is 18.2 Å². The van der Waals surface area contributed by atoms with E-state index in [-0.39, 0.29) is 11.5 Å². The van der Waals surface area contributed by atoms with Gasteiger partial charge in [0.15, 0.2) is 9.84 Å². The molecule has 90 valence electrons. The van der Waals surface area contributed by atoms with Gasteiger partial charge < -0.3 is 11.1 Å². The number of nitrogens with two attached hydrogens (primary N) is 1. The summed E-state index contributed by atoms with van der Waals surface area (Å²) in [7, 11) is -2.91. The minimum absolute atomic E-state index is 0.136. The molecule has 0 aliphatic heterocycles. The van der Waals surface area contributed by atoms with Crippen LogP contribution >= 0.6 is 0 Å². The predicted molar refractivity (Wildman–Crippen MR) is 68.4 cm³/mol. The molecule has 3 N–H and O–H groups in total. The smallest absolute Gasteiger partial charge is 0.151 e. The topological polar surface area (TPSA) is 72.2 Å². The van der Waals surface area contributed by atoms with Crippen LogP contribution in [0.1, 0.15) is 12.5 Å². The Morgan fingerprint density at radius 3 is 2.62 bits per heavy atom. The van der Waals surface area contributed by atoms with Gasteiger partial charge in [-0.25, -0.2) is 8.42 Å². The number of aryl methyl sites for hydroxylation is 1. The maximum atomic E-state index is 11.3. The Hall–Kier alpha value is -1.23. The fourth-order valence-electron chi connectivity index (χ4n) is 1.33. The van der Waals surface area contributed by atoms with Gasteiger partial charge in [-0.1, -0.05) is 13.0 Å². The molecule has 5 heteroatoms. The van der Waals surface area contributed by atoms with Gasteiger partial charge in [-0.3, -0.25) is 0 Å². The van der Waals surface area contributed by atoms with Crippen LogP contribution in [-0.2, 0) is 9.84 Å². The molecule has 1 aromatic carbocycles. The first kappa shape index (κ1) is 12.8. The summed E-state index contributed by atoms with van der Waals surface area (Å²) in [6, 6.07) is 5.66. The highest BCUT2D eigenvalue weighted by Crippen LogP contribution is 2.18. The summed E-state index contributed by atoms with van der Waals surface area (Å²) < 4.78 is 22.5. The van der Waals surface area contributed by atoms with Crippen LogP contribution in [0, 0.1) is 6.92 Å². The molecule has 0 aliphatic rings. The lowest BCUT2D eigenvalue weighted by atomic mass is 10.2. The van der Waals surface area contributed by atoms with E-state index in [4.69, 9.17) is 5.73 Å². The second-order valence-corrected chi connectivity index (χ2v) is 6.23. The Bertz CT molecular complexity index is 455. The summed E-state index contributed by atoms with van der Waals surface area (Å²) in [5, 5.41) is 3.03. The fourth-order valence-corrected chi connectivity index (χ4v) is 2.03. The van der Waals surface area contributed by atoms with E-state index in [2.05, 4.69) is 5.32 Å². The Kier molecular flexibility index (Phi) is 4.18. The molecular formula is C11H18N2O2S. The van der Waals surface area contributed by atoms with Gasteiger partial charge in [0.2, 0.25) is 0 Å². The zero-order chi connectivity index (χ0) is 12.2. The second kappa shape index (κ2) is 5.21. The quantitative estimate of drug-likeness (QED) is 0.766. The summed E-state index contributed by atoms with van der Waals surface area (Å²) in [6.07, 6.45) is 0. The lowest BCUT2D eigenvalue weighted by molar-refractivity contribution is 0.597. The normalized spacial score (nSPS) is 11.4. The van der Waals surface area contributed by atoms with Crippen LogP contribution in [0.4, 0.5) is 11.4 Å². The van der Waals surface area contributed by atoms with E-state index in [9.17, 15) is 8.42 Å². The van der Waals surface area contributed by atoms with E-state index in [1.165, 1.54) is 0 Å². The molecule has 0 atom stereocenters. The number of hydrogen-bond acceptors (Lipinski definition) is 4. The zero-order valence-corrected chi connectivity index (χ0v) is 10.5. The zero-order valence-electron chi connectivity index (χ0n) is 9.66. The number of nitrogen functional groups attached to an aromatic ring is 1. The van der Waals surface area contributed by atoms with Crippen LogP contribution in [0.25, 0.3) is 0 Å². The molecule has 0 spiro atoms. The van der Waals surface area contributed by atoms with E-state index < -0.39 is 9.84 Å². The van der Waals surface area contributed by atoms with E-state index >= 15 is 0 Å². The molecule has 0 aliphatic carbocycles. The second-order valence-electron chi connectivity index (χ2n) is 3.75. The summed E-state index contributed by atoms with van der Waals surface area (Å²) >= 11 is 0. The first-order valence-electron chi connectivity index (χ1n) is 5.25. The summed E-state index contributed by atoms with van der Waals surface area (Å²) in [4.78, 5) is 0. The summed E-state index contributed by atoms with van der Waals surface area (Å²) in [5.74, 6) is 0.314. The Morgan fingerprint density at radius 2 is 2.06 bits per heavy atom. The third-order valence-corrected chi connectivity index (χ3v) is 4.08. The van der Waals surface area contributed by atoms with Crippen LogP contribution in [-0.4, -0.2) is 26.5 Å². The summed E-state index contributed by atoms with van der Waals surface area (Å²) in [5.41, 5.74) is 8.31. The molecule has 0 fully saturated rings. The highest BCUT2D eigenvalue weighted by atomic mass is 32.2. The van der Waals surface area contributed by atoms with E-state index in [1.807, 2.05) is 25.1 Å². The van der Waals surface area contributed by atoms with Gasteiger partial charge in [-0.2, -0.15) is 0 Å². The highest BCUT2D eigenvalue weighted by molar-refractivity contribution is 7.91. The average molecular weight is 242 g/mol. The molecule has 0 bridgehead atoms. The minimum atomic E-state index is -2.91. The van der Waals surface area contributed by atoms with Gasteiger partial charge >= 0.3 is 0 Å². The number of sulfone groups is 1. The predicted octanol–water partition coefficient (Wildman–Crippen LogP) is 1.42. The average Bonchev–Trinajstić information content (AvgIpc) is 2.21. The molecule has 0 amide bonds. The SMILES string of the molecule is CCS(=O)(=O)CCNc1ccc(C)cc1N. The molecule has 4 nitrogen and oxygen atoms in total. The van der Waals surface area contributed by atoms with Gasteiger partial charge in [0.05, 0.1) is 17.1 Å². The molecule has 1 aromatic rings. The van der Waals surface area contributed by atoms with Gasteiger partial charge in [0.1, 0.15) is 0 Å². The lowest BCUT2D eigenvalue weighted by Gasteiger charge is -2.09. The van der Waals surface area contributed by atoms with E-state index in [0.29, 0.717) is 12.2 Å². The van der Waals surface area contributed by atoms with E-state index in [0.717, 1.165) is 11.3 Å². The van der Waals surface area contributed by atoms with Crippen LogP contribution in [0.5, 0.6) is 0 Å². The van der Waals surface area contributed by atoms with Crippen molar-refractivity contribution in [2.45, 2.75) is 13.8 Å². The van der Waals surface area contributed by atoms with E-state index in [1.54, 1.807) is 6.92 Å². The Labute approximate surface area is 96.8 Å². The number of nitrogens with one attached hydrogen (secondary N) is 1. The number of benzene rings is 1. The van der Waals surface area contributed by atoms with Crippen molar-refractivity contribution in [2.24, 2.45) is 0 Å². The maximum Gasteiger partial charge on any atom is 0.151 e. The Morgan fingerprint density at radius 1 is 1.38 bits per heavy atom. The molecule has 0 heterocycles. The minimum Gasteiger partial charge on any atom is -0.397 e. The van der Waals surface area contributed by atoms with Crippen molar-refractivity contribution >= 4 is 21.2 Å². The summed E-state index contributed by atoms with van der Waals surface area (Å²) in [6.45, 7) is 4.00. The van der Waals surface area contributed by atoms with Crippen LogP contribution < -0.4 is 11.1 Å². The van der Waals surface area contributed by atoms with Crippen molar-refractivity contribution in [3.63, 3.8) is 0 Å². The lowest BCUT2D eigenvalue weighted by Crippen LogP contribution is -2.17. The maximum absolute atomic E-state index is 11.3. The Balaban J connectivity index is 2.56. The van der Waals surface area contributed by atoms with Gasteiger partial charge in [0, 0.05) is 12.3 Å². The van der Waals surface area contributed by atoms with Crippen molar-refractivity contribution in [2.75, 3.05) is 29.1 Å². The van der Waals surface area contributed by atoms with Crippen molar-refractivity contribution in [1.82, 2.24) is 0 Å². The first-order chi connectivity index (χ1) is 7.44. The molecule has 0 aromatic heterocycles. The van der Waals surface area contributed by atoms with Crippen molar-refractivity contribution in [3.8, 4) is 0 Å². The molecule has 1 rings (SSSR count). The van der Waals surface area contributed by atoms with Crippen LogP contribution in [0.3, 0.4) is 0 Å². The number of anilines is 2. The van der Waals surface area contributed by atoms with Crippen molar-refractivity contribution < 1.29 is 8.42 Å². The monoisotopic (exact) mass is 242 g/mol. The fraction of sp³-hybridized carbons (Fsp3) is 0.455. The van der Waals surface area contributed by atoms with Crippen molar-refractivity contribution in [1.29, 1.82) is 0 Å². The van der Waals surface area contributed by atoms with Gasteiger partial charge in [0.25, 0.3) is 0 Å². The molecule has 0 saturated carbocycles. The molecule has 16 heavy (non-hydrogen) atoms.